The van der Waals surface area contributed by atoms with Crippen molar-refractivity contribution < 1.29 is 24.4 Å². The van der Waals surface area contributed by atoms with Gasteiger partial charge < -0.3 is 15.2 Å². The summed E-state index contributed by atoms with van der Waals surface area (Å²) in [6.45, 7) is 3.40. The van der Waals surface area contributed by atoms with Crippen molar-refractivity contribution in [3.05, 3.63) is 28.3 Å². The first kappa shape index (κ1) is 15.7. The molecule has 8 heteroatoms. The third-order valence-electron chi connectivity index (χ3n) is 4.02. The molecule has 2 rings (SSSR count). The van der Waals surface area contributed by atoms with Crippen molar-refractivity contribution in [1.82, 2.24) is 0 Å². The molecule has 8 nitrogen and oxygen atoms in total. The van der Waals surface area contributed by atoms with Gasteiger partial charge in [0.2, 0.25) is 5.91 Å². The van der Waals surface area contributed by atoms with E-state index in [1.165, 1.54) is 25.3 Å². The fraction of sp³-hybridized carbons (Fsp3) is 0.429. The molecule has 0 aromatic heterocycles. The summed E-state index contributed by atoms with van der Waals surface area (Å²) < 4.78 is 4.88. The second-order valence-electron chi connectivity index (χ2n) is 5.75. The lowest BCUT2D eigenvalue weighted by Gasteiger charge is -2.07. The molecule has 0 saturated heterocycles. The predicted octanol–water partition coefficient (Wildman–Crippen LogP) is 1.90. The second kappa shape index (κ2) is 5.28. The van der Waals surface area contributed by atoms with Crippen molar-refractivity contribution in [1.29, 1.82) is 0 Å². The standard InChI is InChI=1S/C14H16N2O6/c1-14(2)10(11(14)13(18)19)12(17)15-7-4-5-9(22-3)8(6-7)16(20)21/h4-6,10-11H,1-3H3,(H,15,17)(H,18,19)/t10-,11+/m0/s1. The number of carbonyl (C=O) groups is 2. The number of hydrogen-bond acceptors (Lipinski definition) is 5. The highest BCUT2D eigenvalue weighted by atomic mass is 16.6. The van der Waals surface area contributed by atoms with Crippen LogP contribution in [-0.2, 0) is 9.59 Å². The minimum Gasteiger partial charge on any atom is -0.490 e. The molecule has 0 bridgehead atoms. The molecule has 1 aromatic carbocycles. The molecule has 0 radical (unpaired) electrons. The van der Waals surface area contributed by atoms with E-state index in [0.717, 1.165) is 0 Å². The van der Waals surface area contributed by atoms with Crippen LogP contribution < -0.4 is 10.1 Å². The van der Waals surface area contributed by atoms with Gasteiger partial charge in [0, 0.05) is 11.8 Å². The van der Waals surface area contributed by atoms with Crippen LogP contribution in [0.15, 0.2) is 18.2 Å². The highest BCUT2D eigenvalue weighted by molar-refractivity contribution is 6.00. The van der Waals surface area contributed by atoms with Gasteiger partial charge in [-0.3, -0.25) is 19.7 Å². The fourth-order valence-corrected chi connectivity index (χ4v) is 2.72. The number of rotatable bonds is 5. The van der Waals surface area contributed by atoms with Gasteiger partial charge in [-0.15, -0.1) is 0 Å². The van der Waals surface area contributed by atoms with Crippen molar-refractivity contribution >= 4 is 23.3 Å². The van der Waals surface area contributed by atoms with Gasteiger partial charge in [-0.25, -0.2) is 0 Å². The number of nitrogens with zero attached hydrogens (tertiary/aromatic N) is 1. The summed E-state index contributed by atoms with van der Waals surface area (Å²) in [5, 5.41) is 22.5. The number of nitrogens with one attached hydrogen (secondary N) is 1. The molecule has 1 aliphatic carbocycles. The Hall–Kier alpha value is -2.64. The van der Waals surface area contributed by atoms with E-state index in [4.69, 9.17) is 9.84 Å². The third kappa shape index (κ3) is 2.59. The SMILES string of the molecule is COc1ccc(NC(=O)[C@@H]2[C@H](C(=O)O)C2(C)C)cc1[N+](=O)[O-]. The predicted molar refractivity (Wildman–Crippen MR) is 76.7 cm³/mol. The van der Waals surface area contributed by atoms with Crippen LogP contribution in [-0.4, -0.2) is 29.0 Å². The van der Waals surface area contributed by atoms with Crippen LogP contribution in [0.3, 0.4) is 0 Å². The number of aliphatic carboxylic acids is 1. The minimum absolute atomic E-state index is 0.0816. The topological polar surface area (TPSA) is 119 Å². The number of benzene rings is 1. The van der Waals surface area contributed by atoms with Crippen LogP contribution in [0.4, 0.5) is 11.4 Å². The zero-order valence-electron chi connectivity index (χ0n) is 12.3. The maximum atomic E-state index is 12.2. The van der Waals surface area contributed by atoms with E-state index >= 15 is 0 Å². The molecular formula is C14H16N2O6. The first-order valence-electron chi connectivity index (χ1n) is 6.56. The lowest BCUT2D eigenvalue weighted by molar-refractivity contribution is -0.385. The van der Waals surface area contributed by atoms with Gasteiger partial charge in [-0.05, 0) is 17.5 Å². The molecule has 22 heavy (non-hydrogen) atoms. The van der Waals surface area contributed by atoms with E-state index in [0.29, 0.717) is 0 Å². The van der Waals surface area contributed by atoms with Crippen LogP contribution in [0, 0.1) is 27.4 Å². The van der Waals surface area contributed by atoms with Crippen LogP contribution in [0.2, 0.25) is 0 Å². The molecule has 1 aliphatic rings. The fourth-order valence-electron chi connectivity index (χ4n) is 2.72. The first-order chi connectivity index (χ1) is 10.2. The van der Waals surface area contributed by atoms with Crippen LogP contribution >= 0.6 is 0 Å². The van der Waals surface area contributed by atoms with E-state index in [2.05, 4.69) is 5.32 Å². The molecule has 0 aliphatic heterocycles. The molecule has 1 fully saturated rings. The minimum atomic E-state index is -1.02. The Bertz CT molecular complexity index is 655. The average molecular weight is 308 g/mol. The van der Waals surface area contributed by atoms with Gasteiger partial charge in [0.05, 0.1) is 23.9 Å². The monoisotopic (exact) mass is 308 g/mol. The second-order valence-corrected chi connectivity index (χ2v) is 5.75. The van der Waals surface area contributed by atoms with Crippen molar-refractivity contribution in [2.24, 2.45) is 17.3 Å². The van der Waals surface area contributed by atoms with E-state index in [1.54, 1.807) is 13.8 Å². The molecule has 0 heterocycles. The molecule has 118 valence electrons. The summed E-state index contributed by atoms with van der Waals surface area (Å²) >= 11 is 0. The summed E-state index contributed by atoms with van der Waals surface area (Å²) in [6.07, 6.45) is 0. The number of nitro benzene ring substituents is 1. The van der Waals surface area contributed by atoms with Gasteiger partial charge in [0.1, 0.15) is 0 Å². The summed E-state index contributed by atoms with van der Waals surface area (Å²) in [7, 11) is 1.31. The van der Waals surface area contributed by atoms with E-state index < -0.39 is 34.1 Å². The molecule has 1 amide bonds. The Labute approximate surface area is 126 Å². The molecule has 2 atom stereocenters. The lowest BCUT2D eigenvalue weighted by atomic mass is 10.1. The van der Waals surface area contributed by atoms with Crippen molar-refractivity contribution in [3.63, 3.8) is 0 Å². The summed E-state index contributed by atoms with van der Waals surface area (Å²) in [4.78, 5) is 33.6. The Morgan fingerprint density at radius 2 is 2.00 bits per heavy atom. The molecule has 0 spiro atoms. The number of carboxylic acids is 1. The Morgan fingerprint density at radius 3 is 2.45 bits per heavy atom. The molecule has 1 aromatic rings. The Morgan fingerprint density at radius 1 is 1.36 bits per heavy atom. The maximum Gasteiger partial charge on any atom is 0.312 e. The summed E-state index contributed by atoms with van der Waals surface area (Å²) in [5.41, 5.74) is -0.677. The average Bonchev–Trinajstić information content (AvgIpc) is 3.01. The van der Waals surface area contributed by atoms with Crippen molar-refractivity contribution in [2.45, 2.75) is 13.8 Å². The van der Waals surface area contributed by atoms with E-state index in [9.17, 15) is 19.7 Å². The number of carboxylic acid groups (broad SMARTS) is 1. The van der Waals surface area contributed by atoms with Crippen LogP contribution in [0.1, 0.15) is 13.8 Å². The molecule has 2 N–H and O–H groups in total. The number of anilines is 1. The molecular weight excluding hydrogens is 292 g/mol. The van der Waals surface area contributed by atoms with Crippen molar-refractivity contribution in [3.8, 4) is 5.75 Å². The Kier molecular flexibility index (Phi) is 3.78. The number of methoxy groups -OCH3 is 1. The number of amides is 1. The van der Waals surface area contributed by atoms with Gasteiger partial charge in [0.25, 0.3) is 0 Å². The quantitative estimate of drug-likeness (QED) is 0.633. The Balaban J connectivity index is 2.18. The van der Waals surface area contributed by atoms with Gasteiger partial charge >= 0.3 is 11.7 Å². The smallest absolute Gasteiger partial charge is 0.312 e. The summed E-state index contributed by atoms with van der Waals surface area (Å²) in [5.74, 6) is -2.81. The molecule has 0 unspecified atom stereocenters. The number of nitro groups is 1. The zero-order chi connectivity index (χ0) is 16.7. The summed E-state index contributed by atoms with van der Waals surface area (Å²) in [6, 6.07) is 4.03. The van der Waals surface area contributed by atoms with Crippen LogP contribution in [0.5, 0.6) is 5.75 Å². The van der Waals surface area contributed by atoms with Crippen molar-refractivity contribution in [2.75, 3.05) is 12.4 Å². The van der Waals surface area contributed by atoms with Crippen LogP contribution in [0.25, 0.3) is 0 Å². The first-order valence-corrected chi connectivity index (χ1v) is 6.56. The third-order valence-corrected chi connectivity index (χ3v) is 4.02. The van der Waals surface area contributed by atoms with E-state index in [1.807, 2.05) is 0 Å². The number of ether oxygens (including phenoxy) is 1. The zero-order valence-corrected chi connectivity index (χ0v) is 12.3. The largest absolute Gasteiger partial charge is 0.490 e. The molecule has 1 saturated carbocycles. The van der Waals surface area contributed by atoms with Gasteiger partial charge in [0.15, 0.2) is 5.75 Å². The van der Waals surface area contributed by atoms with Gasteiger partial charge in [-0.1, -0.05) is 13.8 Å². The number of carbonyl (C=O) groups excluding carboxylic acids is 1. The van der Waals surface area contributed by atoms with E-state index in [-0.39, 0.29) is 17.1 Å². The highest BCUT2D eigenvalue weighted by Crippen LogP contribution is 2.58. The number of hydrogen-bond donors (Lipinski definition) is 2. The normalized spacial score (nSPS) is 21.8. The highest BCUT2D eigenvalue weighted by Gasteiger charge is 2.65. The van der Waals surface area contributed by atoms with Gasteiger partial charge in [-0.2, -0.15) is 0 Å². The lowest BCUT2D eigenvalue weighted by Crippen LogP contribution is -2.17. The maximum absolute atomic E-state index is 12.2.